The summed E-state index contributed by atoms with van der Waals surface area (Å²) in [5.74, 6) is -4.68. The molecule has 2 aliphatic heterocycles. The number of aliphatic hydroxyl groups excluding tert-OH is 1. The van der Waals surface area contributed by atoms with Crippen LogP contribution in [0.4, 0.5) is 11.4 Å². The lowest BCUT2D eigenvalue weighted by Crippen LogP contribution is -2.43. The molecule has 1 N–H and O–H groups in total. The topological polar surface area (TPSA) is 104 Å². The van der Waals surface area contributed by atoms with E-state index in [9.17, 15) is 24.3 Å². The molecule has 3 aromatic carbocycles. The zero-order chi connectivity index (χ0) is 32.4. The second-order valence-electron chi connectivity index (χ2n) is 12.5. The Kier molecular flexibility index (Phi) is 7.78. The quantitative estimate of drug-likeness (QED) is 0.256. The summed E-state index contributed by atoms with van der Waals surface area (Å²) in [5, 5.41) is 10.4. The van der Waals surface area contributed by atoms with Crippen molar-refractivity contribution < 1.29 is 29.0 Å². The van der Waals surface area contributed by atoms with Crippen molar-refractivity contribution in [1.29, 1.82) is 0 Å². The Balaban J connectivity index is 1.34. The van der Waals surface area contributed by atoms with Crippen molar-refractivity contribution in [2.45, 2.75) is 32.6 Å². The minimum atomic E-state index is -0.760. The van der Waals surface area contributed by atoms with Gasteiger partial charge in [0.05, 0.1) is 41.7 Å². The van der Waals surface area contributed by atoms with E-state index in [1.807, 2.05) is 38.1 Å². The predicted octanol–water partition coefficient (Wildman–Crippen LogP) is 6.03. The van der Waals surface area contributed by atoms with Gasteiger partial charge >= 0.3 is 0 Å². The van der Waals surface area contributed by atoms with Crippen molar-refractivity contribution in [3.05, 3.63) is 99.0 Å². The first-order valence-electron chi connectivity index (χ1n) is 15.4. The second kappa shape index (κ2) is 11.7. The molecule has 6 atom stereocenters. The SMILES string of the molecule is Cc1ccc(N2C(=O)C3CC=C4C(CC5C(=O)N(c6ccc(C)c(Cl)c6)C(=O)C5C4c4ccccc4OCCO)C3C2=O)cc1Cl. The van der Waals surface area contributed by atoms with E-state index in [0.29, 0.717) is 39.2 Å². The van der Waals surface area contributed by atoms with Gasteiger partial charge in [-0.1, -0.05) is 65.2 Å². The summed E-state index contributed by atoms with van der Waals surface area (Å²) in [4.78, 5) is 59.2. The average molecular weight is 660 g/mol. The van der Waals surface area contributed by atoms with Crippen LogP contribution < -0.4 is 14.5 Å². The Bertz CT molecular complexity index is 1840. The molecule has 0 bridgehead atoms. The van der Waals surface area contributed by atoms with Crippen LogP contribution >= 0.6 is 23.2 Å². The number of aryl methyl sites for hydroxylation is 2. The van der Waals surface area contributed by atoms with Crippen LogP contribution in [0.1, 0.15) is 35.4 Å². The summed E-state index contributed by atoms with van der Waals surface area (Å²) >= 11 is 12.8. The van der Waals surface area contributed by atoms with Crippen molar-refractivity contribution >= 4 is 58.2 Å². The summed E-state index contributed by atoms with van der Waals surface area (Å²) in [6, 6.07) is 17.6. The van der Waals surface area contributed by atoms with Gasteiger partial charge in [0.1, 0.15) is 12.4 Å². The van der Waals surface area contributed by atoms with Crippen molar-refractivity contribution in [2.24, 2.45) is 29.6 Å². The van der Waals surface area contributed by atoms with Crippen molar-refractivity contribution in [1.82, 2.24) is 0 Å². The zero-order valence-electron chi connectivity index (χ0n) is 25.3. The third kappa shape index (κ3) is 4.69. The Labute approximate surface area is 276 Å². The van der Waals surface area contributed by atoms with Gasteiger partial charge in [-0.05, 0) is 74.1 Å². The molecule has 10 heteroatoms. The molecule has 2 aliphatic carbocycles. The van der Waals surface area contributed by atoms with E-state index < -0.39 is 35.5 Å². The number of rotatable bonds is 6. The number of benzene rings is 3. The maximum atomic E-state index is 14.4. The van der Waals surface area contributed by atoms with Gasteiger partial charge in [0.2, 0.25) is 23.6 Å². The first-order chi connectivity index (χ1) is 22.1. The number of hydrogen-bond donors (Lipinski definition) is 1. The monoisotopic (exact) mass is 658 g/mol. The number of allylic oxidation sites excluding steroid dienone is 2. The zero-order valence-corrected chi connectivity index (χ0v) is 26.8. The van der Waals surface area contributed by atoms with Gasteiger partial charge in [0.15, 0.2) is 0 Å². The van der Waals surface area contributed by atoms with E-state index in [1.54, 1.807) is 42.5 Å². The van der Waals surface area contributed by atoms with E-state index in [4.69, 9.17) is 27.9 Å². The van der Waals surface area contributed by atoms with Crippen molar-refractivity contribution in [2.75, 3.05) is 23.0 Å². The predicted molar refractivity (Wildman–Crippen MR) is 174 cm³/mol. The molecule has 0 aromatic heterocycles. The number of hydrogen-bond acceptors (Lipinski definition) is 6. The molecule has 3 fully saturated rings. The van der Waals surface area contributed by atoms with Gasteiger partial charge in [-0.15, -0.1) is 0 Å². The van der Waals surface area contributed by atoms with Gasteiger partial charge < -0.3 is 9.84 Å². The molecule has 0 spiro atoms. The van der Waals surface area contributed by atoms with Crippen LogP contribution in [-0.2, 0) is 19.2 Å². The maximum Gasteiger partial charge on any atom is 0.238 e. The molecule has 4 aliphatic rings. The van der Waals surface area contributed by atoms with Gasteiger partial charge in [-0.25, -0.2) is 9.80 Å². The lowest BCUT2D eigenvalue weighted by atomic mass is 9.57. The molecular weight excluding hydrogens is 627 g/mol. The molecule has 236 valence electrons. The fourth-order valence-electron chi connectivity index (χ4n) is 7.91. The highest BCUT2D eigenvalue weighted by atomic mass is 35.5. The molecule has 4 amide bonds. The van der Waals surface area contributed by atoms with Crippen LogP contribution in [0, 0.1) is 43.4 Å². The highest BCUT2D eigenvalue weighted by Crippen LogP contribution is 2.59. The van der Waals surface area contributed by atoms with Crippen LogP contribution in [0.3, 0.4) is 0 Å². The molecule has 2 saturated heterocycles. The van der Waals surface area contributed by atoms with Gasteiger partial charge in [0.25, 0.3) is 0 Å². The summed E-state index contributed by atoms with van der Waals surface area (Å²) in [6.45, 7) is 3.55. The number of ether oxygens (including phenoxy) is 1. The highest BCUT2D eigenvalue weighted by molar-refractivity contribution is 6.33. The molecule has 46 heavy (non-hydrogen) atoms. The summed E-state index contributed by atoms with van der Waals surface area (Å²) < 4.78 is 5.94. The molecule has 3 aromatic rings. The summed E-state index contributed by atoms with van der Waals surface area (Å²) in [5.41, 5.74) is 4.03. The fourth-order valence-corrected chi connectivity index (χ4v) is 8.26. The number of amides is 4. The number of imide groups is 2. The average Bonchev–Trinajstić information content (AvgIpc) is 3.45. The van der Waals surface area contributed by atoms with Crippen molar-refractivity contribution in [3.63, 3.8) is 0 Å². The standard InChI is InChI=1S/C36H32Cl2N2O6/c1-18-7-9-20(15-27(18)37)39-33(42)24-12-11-22-25(31(24)35(39)44)17-26-32(30(22)23-5-3-4-6-29(23)46-14-13-41)36(45)40(34(26)43)21-10-8-19(2)28(38)16-21/h3-11,15-16,24-26,30-32,41H,12-14,17H2,1-2H3. The number of para-hydroxylation sites is 1. The first-order valence-corrected chi connectivity index (χ1v) is 16.2. The Morgan fingerprint density at radius 3 is 1.96 bits per heavy atom. The number of fused-ring (bicyclic) bond motifs is 4. The number of carbonyl (C=O) groups excluding carboxylic acids is 4. The first kappa shape index (κ1) is 30.7. The van der Waals surface area contributed by atoms with Gasteiger partial charge in [-0.3, -0.25) is 19.2 Å². The minimum absolute atomic E-state index is 0.0485. The van der Waals surface area contributed by atoms with E-state index in [2.05, 4.69) is 0 Å². The van der Waals surface area contributed by atoms with Crippen molar-refractivity contribution in [3.8, 4) is 5.75 Å². The number of anilines is 2. The molecule has 0 radical (unpaired) electrons. The van der Waals surface area contributed by atoms with Gasteiger partial charge in [0, 0.05) is 21.5 Å². The number of nitrogens with zero attached hydrogens (tertiary/aromatic N) is 2. The van der Waals surface area contributed by atoms with E-state index in [1.165, 1.54) is 9.80 Å². The molecule has 8 nitrogen and oxygen atoms in total. The maximum absolute atomic E-state index is 14.4. The summed E-state index contributed by atoms with van der Waals surface area (Å²) in [6.07, 6.45) is 2.57. The Morgan fingerprint density at radius 1 is 0.761 bits per heavy atom. The Hall–Kier alpha value is -3.98. The van der Waals surface area contributed by atoms with Crippen LogP contribution in [0.5, 0.6) is 5.75 Å². The Morgan fingerprint density at radius 2 is 1.35 bits per heavy atom. The minimum Gasteiger partial charge on any atom is -0.491 e. The third-order valence-electron chi connectivity index (χ3n) is 10.1. The molecule has 2 heterocycles. The molecular formula is C36H32Cl2N2O6. The smallest absolute Gasteiger partial charge is 0.238 e. The van der Waals surface area contributed by atoms with Gasteiger partial charge in [-0.2, -0.15) is 0 Å². The van der Waals surface area contributed by atoms with Crippen LogP contribution in [0.15, 0.2) is 72.3 Å². The largest absolute Gasteiger partial charge is 0.491 e. The normalized spacial score (nSPS) is 27.0. The molecule has 7 rings (SSSR count). The van der Waals surface area contributed by atoms with Crippen LogP contribution in [0.2, 0.25) is 10.0 Å². The van der Waals surface area contributed by atoms with Crippen LogP contribution in [0.25, 0.3) is 0 Å². The van der Waals surface area contributed by atoms with E-state index in [-0.39, 0.29) is 43.3 Å². The third-order valence-corrected chi connectivity index (χ3v) is 10.9. The van der Waals surface area contributed by atoms with E-state index in [0.717, 1.165) is 16.7 Å². The van der Waals surface area contributed by atoms with Crippen LogP contribution in [-0.4, -0.2) is 41.9 Å². The molecule has 6 unspecified atom stereocenters. The highest BCUT2D eigenvalue weighted by Gasteiger charge is 2.62. The fraction of sp³-hybridized carbons (Fsp3) is 0.333. The lowest BCUT2D eigenvalue weighted by molar-refractivity contribution is -0.126. The molecule has 1 saturated carbocycles. The number of aliphatic hydroxyl groups is 1. The number of carbonyl (C=O) groups is 4. The number of halogens is 2. The van der Waals surface area contributed by atoms with E-state index >= 15 is 0 Å². The lowest BCUT2D eigenvalue weighted by Gasteiger charge is -2.44. The second-order valence-corrected chi connectivity index (χ2v) is 13.3. The summed E-state index contributed by atoms with van der Waals surface area (Å²) in [7, 11) is 0.